The molecule has 82 valence electrons. The number of phenolic OH excluding ortho intramolecular Hbond substituents is 1. The number of sulfone groups is 1. The summed E-state index contributed by atoms with van der Waals surface area (Å²) < 4.78 is 36.6. The van der Waals surface area contributed by atoms with Gasteiger partial charge in [-0.3, -0.25) is 0 Å². The zero-order chi connectivity index (χ0) is 11.1. The zero-order valence-corrected chi connectivity index (χ0v) is 8.80. The van der Waals surface area contributed by atoms with Crippen molar-refractivity contribution in [2.75, 3.05) is 11.5 Å². The molecule has 3 nitrogen and oxygen atoms in total. The minimum absolute atomic E-state index is 0.000108. The summed E-state index contributed by atoms with van der Waals surface area (Å²) in [5.74, 6) is -0.516. The van der Waals surface area contributed by atoms with Crippen LogP contribution < -0.4 is 0 Å². The summed E-state index contributed by atoms with van der Waals surface area (Å²) in [4.78, 5) is 0. The van der Waals surface area contributed by atoms with Gasteiger partial charge in [0.2, 0.25) is 0 Å². The minimum Gasteiger partial charge on any atom is -0.508 e. The van der Waals surface area contributed by atoms with Gasteiger partial charge in [0.25, 0.3) is 0 Å². The fourth-order valence-electron chi connectivity index (χ4n) is 1.80. The molecule has 0 saturated carbocycles. The number of halogens is 1. The molecule has 1 unspecified atom stereocenters. The van der Waals surface area contributed by atoms with Crippen molar-refractivity contribution < 1.29 is 17.9 Å². The van der Waals surface area contributed by atoms with E-state index in [1.54, 1.807) is 0 Å². The molecule has 1 N–H and O–H groups in total. The van der Waals surface area contributed by atoms with Gasteiger partial charge in [0.05, 0.1) is 11.5 Å². The number of alkyl halides is 1. The van der Waals surface area contributed by atoms with E-state index in [4.69, 9.17) is 5.11 Å². The van der Waals surface area contributed by atoms with Gasteiger partial charge in [-0.25, -0.2) is 12.8 Å². The van der Waals surface area contributed by atoms with Crippen LogP contribution in [0.5, 0.6) is 5.75 Å². The Hall–Kier alpha value is -1.10. The standard InChI is InChI=1S/C10H11FO3S/c11-10(5-6-15(13,14)7-10)8-1-3-9(12)4-2-8/h1-4,12H,5-7H2. The molecule has 5 heteroatoms. The van der Waals surface area contributed by atoms with Gasteiger partial charge in [-0.2, -0.15) is 0 Å². The van der Waals surface area contributed by atoms with Gasteiger partial charge in [-0.1, -0.05) is 12.1 Å². The van der Waals surface area contributed by atoms with Crippen LogP contribution in [-0.4, -0.2) is 25.0 Å². The van der Waals surface area contributed by atoms with Gasteiger partial charge in [0.1, 0.15) is 5.75 Å². The predicted molar refractivity (Wildman–Crippen MR) is 54.2 cm³/mol. The lowest BCUT2D eigenvalue weighted by atomic mass is 9.95. The van der Waals surface area contributed by atoms with E-state index in [0.717, 1.165) is 0 Å². The number of hydrogen-bond donors (Lipinski definition) is 1. The highest BCUT2D eigenvalue weighted by atomic mass is 32.2. The second-order valence-corrected chi connectivity index (χ2v) is 6.04. The third kappa shape index (κ3) is 1.97. The highest BCUT2D eigenvalue weighted by molar-refractivity contribution is 7.91. The minimum atomic E-state index is -3.25. The van der Waals surface area contributed by atoms with Crippen molar-refractivity contribution in [1.29, 1.82) is 0 Å². The van der Waals surface area contributed by atoms with Crippen LogP contribution in [0.1, 0.15) is 12.0 Å². The number of hydrogen-bond acceptors (Lipinski definition) is 3. The van der Waals surface area contributed by atoms with Crippen molar-refractivity contribution in [3.8, 4) is 5.75 Å². The quantitative estimate of drug-likeness (QED) is 0.792. The lowest BCUT2D eigenvalue weighted by Crippen LogP contribution is -2.21. The lowest BCUT2D eigenvalue weighted by Gasteiger charge is -2.17. The first-order valence-corrected chi connectivity index (χ1v) is 6.42. The summed E-state index contributed by atoms with van der Waals surface area (Å²) in [6, 6.07) is 5.58. The smallest absolute Gasteiger partial charge is 0.153 e. The molecule has 1 atom stereocenters. The Balaban J connectivity index is 2.35. The van der Waals surface area contributed by atoms with Crippen molar-refractivity contribution >= 4 is 9.84 Å². The van der Waals surface area contributed by atoms with Gasteiger partial charge < -0.3 is 5.11 Å². The van der Waals surface area contributed by atoms with Crippen molar-refractivity contribution in [3.63, 3.8) is 0 Å². The first-order valence-electron chi connectivity index (χ1n) is 4.60. The Kier molecular flexibility index (Phi) is 2.22. The molecule has 0 spiro atoms. The highest BCUT2D eigenvalue weighted by Crippen LogP contribution is 2.37. The maximum Gasteiger partial charge on any atom is 0.153 e. The molecule has 0 aliphatic carbocycles. The van der Waals surface area contributed by atoms with E-state index in [0.29, 0.717) is 5.56 Å². The summed E-state index contributed by atoms with van der Waals surface area (Å²) >= 11 is 0. The zero-order valence-electron chi connectivity index (χ0n) is 7.98. The monoisotopic (exact) mass is 230 g/mol. The Labute approximate surface area is 87.5 Å². The van der Waals surface area contributed by atoms with E-state index in [9.17, 15) is 12.8 Å². The number of rotatable bonds is 1. The maximum absolute atomic E-state index is 14.2. The van der Waals surface area contributed by atoms with Crippen molar-refractivity contribution in [2.24, 2.45) is 0 Å². The SMILES string of the molecule is O=S1(=O)CCC(F)(c2ccc(O)cc2)C1. The summed E-state index contributed by atoms with van der Waals surface area (Å²) in [7, 11) is -3.25. The lowest BCUT2D eigenvalue weighted by molar-refractivity contribution is 0.202. The third-order valence-corrected chi connectivity index (χ3v) is 4.37. The molecule has 0 bridgehead atoms. The van der Waals surface area contributed by atoms with Gasteiger partial charge in [-0.05, 0) is 17.7 Å². The van der Waals surface area contributed by atoms with Gasteiger partial charge in [-0.15, -0.1) is 0 Å². The van der Waals surface area contributed by atoms with Gasteiger partial charge >= 0.3 is 0 Å². The molecule has 0 amide bonds. The van der Waals surface area contributed by atoms with Crippen LogP contribution in [0.4, 0.5) is 4.39 Å². The first-order chi connectivity index (χ1) is 6.91. The second kappa shape index (κ2) is 3.20. The predicted octanol–water partition coefficient (Wildman–Crippen LogP) is 1.38. The average Bonchev–Trinajstić information content (AvgIpc) is 2.43. The summed E-state index contributed by atoms with van der Waals surface area (Å²) in [5.41, 5.74) is -1.46. The van der Waals surface area contributed by atoms with Crippen LogP contribution in [0.3, 0.4) is 0 Å². The van der Waals surface area contributed by atoms with E-state index in [1.807, 2.05) is 0 Å². The van der Waals surface area contributed by atoms with Crippen LogP contribution in [0.25, 0.3) is 0 Å². The molecule has 1 fully saturated rings. The molecule has 0 radical (unpaired) electrons. The Morgan fingerprint density at radius 2 is 1.87 bits per heavy atom. The topological polar surface area (TPSA) is 54.4 Å². The Morgan fingerprint density at radius 3 is 2.33 bits per heavy atom. The van der Waals surface area contributed by atoms with Crippen LogP contribution >= 0.6 is 0 Å². The van der Waals surface area contributed by atoms with E-state index in [-0.39, 0.29) is 17.9 Å². The first kappa shape index (κ1) is 10.4. The highest BCUT2D eigenvalue weighted by Gasteiger charge is 2.43. The van der Waals surface area contributed by atoms with Gasteiger partial charge in [0.15, 0.2) is 15.5 Å². The Bertz CT molecular complexity index is 466. The number of benzene rings is 1. The van der Waals surface area contributed by atoms with E-state index in [1.165, 1.54) is 24.3 Å². The molecule has 0 aromatic heterocycles. The third-order valence-electron chi connectivity index (χ3n) is 2.64. The fourth-order valence-corrected chi connectivity index (χ4v) is 3.59. The molecule has 1 saturated heterocycles. The number of aromatic hydroxyl groups is 1. The van der Waals surface area contributed by atoms with Gasteiger partial charge in [0, 0.05) is 6.42 Å². The molecular formula is C10H11FO3S. The molecule has 1 aliphatic rings. The van der Waals surface area contributed by atoms with Crippen LogP contribution in [0, 0.1) is 0 Å². The molecule has 2 rings (SSSR count). The Morgan fingerprint density at radius 1 is 1.27 bits per heavy atom. The molecule has 1 aromatic carbocycles. The normalized spacial score (nSPS) is 29.1. The fraction of sp³-hybridized carbons (Fsp3) is 0.400. The molecule has 1 aromatic rings. The van der Waals surface area contributed by atoms with E-state index >= 15 is 0 Å². The van der Waals surface area contributed by atoms with Crippen molar-refractivity contribution in [2.45, 2.75) is 12.1 Å². The largest absolute Gasteiger partial charge is 0.508 e. The van der Waals surface area contributed by atoms with Crippen molar-refractivity contribution in [3.05, 3.63) is 29.8 Å². The average molecular weight is 230 g/mol. The van der Waals surface area contributed by atoms with Crippen LogP contribution in [0.2, 0.25) is 0 Å². The summed E-state index contributed by atoms with van der Waals surface area (Å²) in [6.07, 6.45) is 0.000108. The number of phenols is 1. The summed E-state index contributed by atoms with van der Waals surface area (Å²) in [6.45, 7) is 0. The molecular weight excluding hydrogens is 219 g/mol. The maximum atomic E-state index is 14.2. The molecule has 1 heterocycles. The summed E-state index contributed by atoms with van der Waals surface area (Å²) in [5, 5.41) is 9.05. The molecule has 15 heavy (non-hydrogen) atoms. The van der Waals surface area contributed by atoms with Crippen LogP contribution in [-0.2, 0) is 15.5 Å². The van der Waals surface area contributed by atoms with E-state index in [2.05, 4.69) is 0 Å². The van der Waals surface area contributed by atoms with E-state index < -0.39 is 21.3 Å². The molecule has 1 aliphatic heterocycles. The van der Waals surface area contributed by atoms with Crippen LogP contribution in [0.15, 0.2) is 24.3 Å². The van der Waals surface area contributed by atoms with Crippen molar-refractivity contribution in [1.82, 2.24) is 0 Å². The second-order valence-electron chi connectivity index (χ2n) is 3.85.